The van der Waals surface area contributed by atoms with Crippen molar-refractivity contribution in [3.63, 3.8) is 0 Å². The molecular weight excluding hydrogens is 272 g/mol. The number of para-hydroxylation sites is 1. The van der Waals surface area contributed by atoms with Crippen LogP contribution in [0.2, 0.25) is 0 Å². The molecule has 0 heterocycles. The lowest BCUT2D eigenvalue weighted by molar-refractivity contribution is -0.137. The Labute approximate surface area is 123 Å². The number of urea groups is 1. The second-order valence-electron chi connectivity index (χ2n) is 4.31. The SMILES string of the molecule is C=CCOc1ccccc1CNC(=O)NCCCC(=O)O. The molecule has 0 radical (unpaired) electrons. The number of carbonyl (C=O) groups is 2. The van der Waals surface area contributed by atoms with E-state index in [1.807, 2.05) is 24.3 Å². The second-order valence-corrected chi connectivity index (χ2v) is 4.31. The first-order valence-electron chi connectivity index (χ1n) is 6.68. The van der Waals surface area contributed by atoms with Gasteiger partial charge in [-0.25, -0.2) is 4.79 Å². The van der Waals surface area contributed by atoms with Gasteiger partial charge in [0.2, 0.25) is 0 Å². The van der Waals surface area contributed by atoms with Crippen molar-refractivity contribution < 1.29 is 19.4 Å². The van der Waals surface area contributed by atoms with Gasteiger partial charge in [-0.2, -0.15) is 0 Å². The number of amides is 2. The molecule has 0 unspecified atom stereocenters. The molecule has 1 rings (SSSR count). The van der Waals surface area contributed by atoms with Crippen LogP contribution in [0.25, 0.3) is 0 Å². The Balaban J connectivity index is 2.35. The third-order valence-corrected chi connectivity index (χ3v) is 2.62. The van der Waals surface area contributed by atoms with Crippen molar-refractivity contribution in [2.45, 2.75) is 19.4 Å². The average molecular weight is 292 g/mol. The molecular formula is C15H20N2O4. The van der Waals surface area contributed by atoms with Crippen molar-refractivity contribution >= 4 is 12.0 Å². The van der Waals surface area contributed by atoms with Crippen LogP contribution in [0.15, 0.2) is 36.9 Å². The molecule has 0 aliphatic carbocycles. The lowest BCUT2D eigenvalue weighted by Gasteiger charge is -2.11. The number of nitrogens with one attached hydrogen (secondary N) is 2. The Morgan fingerprint density at radius 2 is 2.05 bits per heavy atom. The van der Waals surface area contributed by atoms with E-state index in [0.717, 1.165) is 5.56 Å². The molecule has 0 aliphatic heterocycles. The first kappa shape index (κ1) is 16.6. The van der Waals surface area contributed by atoms with Crippen LogP contribution in [-0.4, -0.2) is 30.3 Å². The third kappa shape index (κ3) is 7.00. The van der Waals surface area contributed by atoms with Gasteiger partial charge in [-0.1, -0.05) is 30.9 Å². The lowest BCUT2D eigenvalue weighted by atomic mass is 10.2. The number of carboxylic acid groups (broad SMARTS) is 1. The summed E-state index contributed by atoms with van der Waals surface area (Å²) in [6.07, 6.45) is 2.10. The topological polar surface area (TPSA) is 87.7 Å². The minimum absolute atomic E-state index is 0.0402. The number of aliphatic carboxylic acids is 1. The molecule has 0 spiro atoms. The quantitative estimate of drug-likeness (QED) is 0.479. The number of carboxylic acids is 1. The molecule has 0 fully saturated rings. The van der Waals surface area contributed by atoms with Crippen LogP contribution in [0.1, 0.15) is 18.4 Å². The molecule has 3 N–H and O–H groups in total. The molecule has 0 saturated heterocycles. The summed E-state index contributed by atoms with van der Waals surface area (Å²) < 4.78 is 5.49. The molecule has 0 aliphatic rings. The van der Waals surface area contributed by atoms with Crippen molar-refractivity contribution in [3.8, 4) is 5.75 Å². The third-order valence-electron chi connectivity index (χ3n) is 2.62. The van der Waals surface area contributed by atoms with Crippen LogP contribution in [0.4, 0.5) is 4.79 Å². The molecule has 0 bridgehead atoms. The standard InChI is InChI=1S/C15H20N2O4/c1-2-10-21-13-7-4-3-6-12(13)11-17-15(20)16-9-5-8-14(18)19/h2-4,6-7H,1,5,8-11H2,(H,18,19)(H2,16,17,20). The van der Waals surface area contributed by atoms with Gasteiger partial charge in [-0.15, -0.1) is 0 Å². The van der Waals surface area contributed by atoms with Gasteiger partial charge in [0.25, 0.3) is 0 Å². The monoisotopic (exact) mass is 292 g/mol. The zero-order valence-electron chi connectivity index (χ0n) is 11.8. The highest BCUT2D eigenvalue weighted by Crippen LogP contribution is 2.17. The zero-order valence-corrected chi connectivity index (χ0v) is 11.8. The Hall–Kier alpha value is -2.50. The van der Waals surface area contributed by atoms with Gasteiger partial charge >= 0.3 is 12.0 Å². The highest BCUT2D eigenvalue weighted by atomic mass is 16.5. The summed E-state index contributed by atoms with van der Waals surface area (Å²) in [5.41, 5.74) is 0.861. The lowest BCUT2D eigenvalue weighted by Crippen LogP contribution is -2.35. The van der Waals surface area contributed by atoms with Crippen molar-refractivity contribution in [2.75, 3.05) is 13.2 Å². The minimum atomic E-state index is -0.870. The fourth-order valence-corrected chi connectivity index (χ4v) is 1.62. The van der Waals surface area contributed by atoms with Crippen LogP contribution >= 0.6 is 0 Å². The summed E-state index contributed by atoms with van der Waals surface area (Å²) in [6.45, 7) is 4.65. The molecule has 21 heavy (non-hydrogen) atoms. The van der Waals surface area contributed by atoms with E-state index in [-0.39, 0.29) is 12.5 Å². The van der Waals surface area contributed by atoms with Crippen molar-refractivity contribution in [1.82, 2.24) is 10.6 Å². The maximum absolute atomic E-state index is 11.6. The maximum atomic E-state index is 11.6. The van der Waals surface area contributed by atoms with E-state index in [4.69, 9.17) is 9.84 Å². The van der Waals surface area contributed by atoms with Crippen molar-refractivity contribution in [3.05, 3.63) is 42.5 Å². The number of hydrogen-bond donors (Lipinski definition) is 3. The Morgan fingerprint density at radius 1 is 1.29 bits per heavy atom. The van der Waals surface area contributed by atoms with Gasteiger partial charge in [-0.05, 0) is 12.5 Å². The molecule has 0 saturated carbocycles. The van der Waals surface area contributed by atoms with E-state index in [1.54, 1.807) is 6.08 Å². The highest BCUT2D eigenvalue weighted by molar-refractivity contribution is 5.74. The smallest absolute Gasteiger partial charge is 0.315 e. The highest BCUT2D eigenvalue weighted by Gasteiger charge is 2.05. The zero-order chi connectivity index (χ0) is 15.5. The van der Waals surface area contributed by atoms with Crippen LogP contribution in [-0.2, 0) is 11.3 Å². The Kier molecular flexibility index (Phi) is 7.42. The summed E-state index contributed by atoms with van der Waals surface area (Å²) in [7, 11) is 0. The van der Waals surface area contributed by atoms with E-state index in [2.05, 4.69) is 17.2 Å². The molecule has 6 nitrogen and oxygen atoms in total. The number of ether oxygens (including phenoxy) is 1. The van der Waals surface area contributed by atoms with Gasteiger partial charge in [0.1, 0.15) is 12.4 Å². The summed E-state index contributed by atoms with van der Waals surface area (Å²) in [5, 5.41) is 13.8. The van der Waals surface area contributed by atoms with Gasteiger partial charge < -0.3 is 20.5 Å². The maximum Gasteiger partial charge on any atom is 0.315 e. The fraction of sp³-hybridized carbons (Fsp3) is 0.333. The van der Waals surface area contributed by atoms with Crippen molar-refractivity contribution in [1.29, 1.82) is 0 Å². The largest absolute Gasteiger partial charge is 0.489 e. The predicted molar refractivity (Wildman–Crippen MR) is 79.2 cm³/mol. The van der Waals surface area contributed by atoms with E-state index in [0.29, 0.717) is 31.9 Å². The summed E-state index contributed by atoms with van der Waals surface area (Å²) in [6, 6.07) is 7.07. The number of benzene rings is 1. The van der Waals surface area contributed by atoms with Crippen LogP contribution < -0.4 is 15.4 Å². The van der Waals surface area contributed by atoms with Crippen LogP contribution in [0.3, 0.4) is 0 Å². The van der Waals surface area contributed by atoms with Gasteiger partial charge in [0, 0.05) is 25.1 Å². The van der Waals surface area contributed by atoms with E-state index < -0.39 is 5.97 Å². The van der Waals surface area contributed by atoms with E-state index in [1.165, 1.54) is 0 Å². The predicted octanol–water partition coefficient (Wildman–Crippen LogP) is 1.92. The molecule has 114 valence electrons. The molecule has 1 aromatic rings. The molecule has 0 aromatic heterocycles. The van der Waals surface area contributed by atoms with Gasteiger partial charge in [-0.3, -0.25) is 4.79 Å². The van der Waals surface area contributed by atoms with Crippen LogP contribution in [0, 0.1) is 0 Å². The molecule has 0 atom stereocenters. The van der Waals surface area contributed by atoms with Gasteiger partial charge in [0.05, 0.1) is 0 Å². The normalized spacial score (nSPS) is 9.71. The number of hydrogen-bond acceptors (Lipinski definition) is 3. The number of rotatable bonds is 9. The summed E-state index contributed by atoms with van der Waals surface area (Å²) in [4.78, 5) is 21.9. The molecule has 2 amide bonds. The second kappa shape index (κ2) is 9.41. The van der Waals surface area contributed by atoms with Crippen LogP contribution in [0.5, 0.6) is 5.75 Å². The molecule has 1 aromatic carbocycles. The average Bonchev–Trinajstić information content (AvgIpc) is 2.48. The summed E-state index contributed by atoms with van der Waals surface area (Å²) in [5.74, 6) is -0.172. The van der Waals surface area contributed by atoms with E-state index in [9.17, 15) is 9.59 Å². The first-order valence-corrected chi connectivity index (χ1v) is 6.68. The Morgan fingerprint density at radius 3 is 2.76 bits per heavy atom. The van der Waals surface area contributed by atoms with Crippen molar-refractivity contribution in [2.24, 2.45) is 0 Å². The van der Waals surface area contributed by atoms with Gasteiger partial charge in [0.15, 0.2) is 0 Å². The first-order chi connectivity index (χ1) is 10.1. The van der Waals surface area contributed by atoms with E-state index >= 15 is 0 Å². The number of carbonyl (C=O) groups excluding carboxylic acids is 1. The Bertz CT molecular complexity index is 488. The fourth-order valence-electron chi connectivity index (χ4n) is 1.62. The minimum Gasteiger partial charge on any atom is -0.489 e. The molecule has 6 heteroatoms. The summed E-state index contributed by atoms with van der Waals surface area (Å²) >= 11 is 0.